The number of azide groups is 1. The van der Waals surface area contributed by atoms with Crippen LogP contribution < -0.4 is 0 Å². The molecule has 13 heavy (non-hydrogen) atoms. The fourth-order valence-corrected chi connectivity index (χ4v) is 1.63. The molecule has 5 nitrogen and oxygen atoms in total. The molecule has 0 aliphatic carbocycles. The lowest BCUT2D eigenvalue weighted by Crippen LogP contribution is -2.32. The minimum atomic E-state index is 0.586. The highest BCUT2D eigenvalue weighted by atomic mass is 16.1. The van der Waals surface area contributed by atoms with E-state index in [1.165, 1.54) is 0 Å². The molecule has 1 fully saturated rings. The van der Waals surface area contributed by atoms with Gasteiger partial charge < -0.3 is 4.90 Å². The number of hydrogen-bond donors (Lipinski definition) is 0. The van der Waals surface area contributed by atoms with Gasteiger partial charge in [-0.1, -0.05) is 5.11 Å². The molecule has 1 aliphatic heterocycles. The number of hydrogen-bond acceptors (Lipinski definition) is 2. The monoisotopic (exact) mass is 182 g/mol. The molecule has 1 rings (SSSR count). The summed E-state index contributed by atoms with van der Waals surface area (Å²) in [7, 11) is 0. The van der Waals surface area contributed by atoms with E-state index in [0.717, 1.165) is 38.8 Å². The third kappa shape index (κ3) is 3.34. The van der Waals surface area contributed by atoms with Crippen molar-refractivity contribution in [2.24, 2.45) is 11.0 Å². The number of rotatable bonds is 4. The van der Waals surface area contributed by atoms with Crippen LogP contribution in [0, 0.1) is 5.92 Å². The van der Waals surface area contributed by atoms with Gasteiger partial charge in [0, 0.05) is 24.5 Å². The molecule has 5 heteroatoms. The lowest BCUT2D eigenvalue weighted by atomic mass is 9.94. The lowest BCUT2D eigenvalue weighted by molar-refractivity contribution is -0.119. The summed E-state index contributed by atoms with van der Waals surface area (Å²) in [5.41, 5.74) is 8.08. The average molecular weight is 182 g/mol. The molecule has 0 spiro atoms. The predicted octanol–water partition coefficient (Wildman–Crippen LogP) is 1.56. The lowest BCUT2D eigenvalue weighted by Gasteiger charge is -2.28. The van der Waals surface area contributed by atoms with Crippen LogP contribution in [0.15, 0.2) is 5.11 Å². The van der Waals surface area contributed by atoms with Crippen LogP contribution in [0.4, 0.5) is 0 Å². The zero-order valence-corrected chi connectivity index (χ0v) is 7.59. The molecular weight excluding hydrogens is 168 g/mol. The van der Waals surface area contributed by atoms with Crippen molar-refractivity contribution in [1.29, 1.82) is 0 Å². The molecule has 0 aromatic heterocycles. The maximum absolute atomic E-state index is 10.4. The Hall–Kier alpha value is -1.22. The molecule has 1 saturated heterocycles. The molecule has 1 heterocycles. The van der Waals surface area contributed by atoms with Crippen LogP contribution in [0.3, 0.4) is 0 Å². The van der Waals surface area contributed by atoms with Crippen molar-refractivity contribution >= 4 is 6.41 Å². The van der Waals surface area contributed by atoms with Crippen molar-refractivity contribution in [3.8, 4) is 0 Å². The highest BCUT2D eigenvalue weighted by Crippen LogP contribution is 2.19. The SMILES string of the molecule is [N-]=[N+]=NCCC1CCN(C=O)CC1. The molecular formula is C8H14N4O. The fraction of sp³-hybridized carbons (Fsp3) is 0.875. The quantitative estimate of drug-likeness (QED) is 0.281. The summed E-state index contributed by atoms with van der Waals surface area (Å²) in [6, 6.07) is 0. The van der Waals surface area contributed by atoms with Gasteiger partial charge in [-0.15, -0.1) is 0 Å². The first kappa shape index (κ1) is 9.86. The second-order valence-corrected chi connectivity index (χ2v) is 3.33. The first-order chi connectivity index (χ1) is 6.36. The summed E-state index contributed by atoms with van der Waals surface area (Å²) in [6.07, 6.45) is 3.94. The van der Waals surface area contributed by atoms with Gasteiger partial charge in [0.1, 0.15) is 0 Å². The van der Waals surface area contributed by atoms with E-state index in [-0.39, 0.29) is 0 Å². The number of likely N-dealkylation sites (tertiary alicyclic amines) is 1. The van der Waals surface area contributed by atoms with Crippen molar-refractivity contribution in [3.05, 3.63) is 10.4 Å². The minimum Gasteiger partial charge on any atom is -0.345 e. The topological polar surface area (TPSA) is 69.1 Å². The minimum absolute atomic E-state index is 0.586. The predicted molar refractivity (Wildman–Crippen MR) is 49.0 cm³/mol. The summed E-state index contributed by atoms with van der Waals surface area (Å²) in [6.45, 7) is 2.29. The Morgan fingerprint density at radius 1 is 1.54 bits per heavy atom. The van der Waals surface area contributed by atoms with Crippen LogP contribution in [0.5, 0.6) is 0 Å². The molecule has 0 bridgehead atoms. The van der Waals surface area contributed by atoms with E-state index in [1.807, 2.05) is 0 Å². The second kappa shape index (κ2) is 5.43. The molecule has 0 saturated carbocycles. The van der Waals surface area contributed by atoms with Gasteiger partial charge in [-0.25, -0.2) is 0 Å². The van der Waals surface area contributed by atoms with E-state index in [0.29, 0.717) is 12.5 Å². The molecule has 0 aromatic rings. The summed E-state index contributed by atoms with van der Waals surface area (Å²) in [5, 5.41) is 3.50. The van der Waals surface area contributed by atoms with E-state index in [4.69, 9.17) is 5.53 Å². The summed E-state index contributed by atoms with van der Waals surface area (Å²) >= 11 is 0. The molecule has 1 aliphatic rings. The number of piperidine rings is 1. The number of carbonyl (C=O) groups is 1. The van der Waals surface area contributed by atoms with Crippen LogP contribution in [0.2, 0.25) is 0 Å². The highest BCUT2D eigenvalue weighted by Gasteiger charge is 2.16. The molecule has 0 radical (unpaired) electrons. The highest BCUT2D eigenvalue weighted by molar-refractivity contribution is 5.47. The summed E-state index contributed by atoms with van der Waals surface area (Å²) in [5.74, 6) is 0.627. The Bertz CT molecular complexity index is 204. The molecule has 0 N–H and O–H groups in total. The molecule has 0 unspecified atom stereocenters. The number of nitrogens with zero attached hydrogens (tertiary/aromatic N) is 4. The molecule has 0 aromatic carbocycles. The van der Waals surface area contributed by atoms with Crippen molar-refractivity contribution in [3.63, 3.8) is 0 Å². The first-order valence-corrected chi connectivity index (χ1v) is 4.57. The summed E-state index contributed by atoms with van der Waals surface area (Å²) < 4.78 is 0. The van der Waals surface area contributed by atoms with Gasteiger partial charge in [0.15, 0.2) is 0 Å². The van der Waals surface area contributed by atoms with Gasteiger partial charge in [0.2, 0.25) is 6.41 Å². The van der Waals surface area contributed by atoms with Gasteiger partial charge in [-0.2, -0.15) is 0 Å². The third-order valence-corrected chi connectivity index (χ3v) is 2.50. The van der Waals surface area contributed by atoms with E-state index in [2.05, 4.69) is 10.0 Å². The second-order valence-electron chi connectivity index (χ2n) is 3.33. The van der Waals surface area contributed by atoms with Crippen LogP contribution in [-0.2, 0) is 4.79 Å². The van der Waals surface area contributed by atoms with Crippen LogP contribution >= 0.6 is 0 Å². The van der Waals surface area contributed by atoms with Crippen molar-refractivity contribution in [1.82, 2.24) is 4.90 Å². The normalized spacial score (nSPS) is 18.0. The zero-order valence-electron chi connectivity index (χ0n) is 7.59. The van der Waals surface area contributed by atoms with Crippen LogP contribution in [0.25, 0.3) is 10.4 Å². The average Bonchev–Trinajstić information content (AvgIpc) is 2.19. The van der Waals surface area contributed by atoms with E-state index in [1.54, 1.807) is 4.90 Å². The first-order valence-electron chi connectivity index (χ1n) is 4.57. The van der Waals surface area contributed by atoms with Gasteiger partial charge in [0.25, 0.3) is 0 Å². The van der Waals surface area contributed by atoms with Gasteiger partial charge in [-0.05, 0) is 30.7 Å². The summed E-state index contributed by atoms with van der Waals surface area (Å²) in [4.78, 5) is 14.9. The molecule has 0 atom stereocenters. The van der Waals surface area contributed by atoms with Gasteiger partial charge in [-0.3, -0.25) is 4.79 Å². The van der Waals surface area contributed by atoms with Gasteiger partial charge >= 0.3 is 0 Å². The van der Waals surface area contributed by atoms with Crippen LogP contribution in [-0.4, -0.2) is 30.9 Å². The Kier molecular flexibility index (Phi) is 4.12. The number of amides is 1. The Balaban J connectivity index is 2.17. The Morgan fingerprint density at radius 3 is 2.77 bits per heavy atom. The fourth-order valence-electron chi connectivity index (χ4n) is 1.63. The van der Waals surface area contributed by atoms with E-state index < -0.39 is 0 Å². The maximum atomic E-state index is 10.4. The van der Waals surface area contributed by atoms with E-state index >= 15 is 0 Å². The van der Waals surface area contributed by atoms with Crippen molar-refractivity contribution in [2.75, 3.05) is 19.6 Å². The number of carbonyl (C=O) groups excluding carboxylic acids is 1. The standard InChI is InChI=1S/C8H14N4O/c9-11-10-4-1-8-2-5-12(7-13)6-3-8/h7-8H,1-6H2. The maximum Gasteiger partial charge on any atom is 0.209 e. The van der Waals surface area contributed by atoms with Gasteiger partial charge in [0.05, 0.1) is 0 Å². The third-order valence-electron chi connectivity index (χ3n) is 2.50. The zero-order chi connectivity index (χ0) is 9.52. The smallest absolute Gasteiger partial charge is 0.209 e. The molecule has 1 amide bonds. The van der Waals surface area contributed by atoms with E-state index in [9.17, 15) is 4.79 Å². The van der Waals surface area contributed by atoms with Crippen molar-refractivity contribution < 1.29 is 4.79 Å². The Labute approximate surface area is 77.3 Å². The molecule has 72 valence electrons. The Morgan fingerprint density at radius 2 is 2.23 bits per heavy atom. The van der Waals surface area contributed by atoms with Crippen molar-refractivity contribution in [2.45, 2.75) is 19.3 Å². The largest absolute Gasteiger partial charge is 0.345 e. The van der Waals surface area contributed by atoms with Crippen LogP contribution in [0.1, 0.15) is 19.3 Å².